The summed E-state index contributed by atoms with van der Waals surface area (Å²) in [6, 6.07) is 7.72. The van der Waals surface area contributed by atoms with Gasteiger partial charge in [0.25, 0.3) is 0 Å². The molecule has 11 heavy (non-hydrogen) atoms. The third-order valence-electron chi connectivity index (χ3n) is 1.69. The summed E-state index contributed by atoms with van der Waals surface area (Å²) < 4.78 is 0. The second kappa shape index (κ2) is 3.51. The van der Waals surface area contributed by atoms with E-state index in [1.54, 1.807) is 0 Å². The summed E-state index contributed by atoms with van der Waals surface area (Å²) in [5.74, 6) is 0. The third kappa shape index (κ3) is 2.03. The molecule has 0 aliphatic heterocycles. The molecule has 1 aromatic carbocycles. The van der Waals surface area contributed by atoms with Crippen LogP contribution in [0.3, 0.4) is 0 Å². The van der Waals surface area contributed by atoms with Gasteiger partial charge in [-0.1, -0.05) is 29.8 Å². The molecule has 0 unspecified atom stereocenters. The lowest BCUT2D eigenvalue weighted by atomic mass is 10.1. The molecule has 0 aliphatic carbocycles. The summed E-state index contributed by atoms with van der Waals surface area (Å²) in [4.78, 5) is 0. The van der Waals surface area contributed by atoms with Crippen LogP contribution in [-0.2, 0) is 0 Å². The molecule has 3 N–H and O–H groups in total. The van der Waals surface area contributed by atoms with Gasteiger partial charge in [-0.15, -0.1) is 0 Å². The quantitative estimate of drug-likeness (QED) is 0.662. The molecule has 0 spiro atoms. The molecule has 2 nitrogen and oxygen atoms in total. The Morgan fingerprint density at radius 3 is 2.36 bits per heavy atom. The van der Waals surface area contributed by atoms with Gasteiger partial charge in [-0.25, -0.2) is 0 Å². The van der Waals surface area contributed by atoms with Crippen molar-refractivity contribution in [2.75, 3.05) is 6.54 Å². The zero-order chi connectivity index (χ0) is 8.27. The van der Waals surface area contributed by atoms with Gasteiger partial charge in [-0.05, 0) is 12.5 Å². The number of rotatable bonds is 2. The molecule has 0 amide bonds. The maximum Gasteiger partial charge on any atom is 0.0912 e. The van der Waals surface area contributed by atoms with Gasteiger partial charge in [0.1, 0.15) is 0 Å². The summed E-state index contributed by atoms with van der Waals surface area (Å²) in [5.41, 5.74) is 7.37. The Hall–Kier alpha value is -0.860. The molecule has 2 heteroatoms. The molecule has 60 valence electrons. The van der Waals surface area contributed by atoms with Crippen LogP contribution in [0.1, 0.15) is 17.2 Å². The maximum absolute atomic E-state index is 9.30. The first-order valence-electron chi connectivity index (χ1n) is 3.68. The van der Waals surface area contributed by atoms with Gasteiger partial charge in [0.2, 0.25) is 0 Å². The molecule has 1 rings (SSSR count). The summed E-state index contributed by atoms with van der Waals surface area (Å²) in [6.07, 6.45) is -0.518. The monoisotopic (exact) mass is 151 g/mol. The van der Waals surface area contributed by atoms with Crippen molar-refractivity contribution in [3.05, 3.63) is 35.4 Å². The minimum Gasteiger partial charge on any atom is -0.387 e. The highest BCUT2D eigenvalue weighted by atomic mass is 16.3. The van der Waals surface area contributed by atoms with E-state index >= 15 is 0 Å². The smallest absolute Gasteiger partial charge is 0.0912 e. The maximum atomic E-state index is 9.30. The molecular weight excluding hydrogens is 138 g/mol. The fourth-order valence-electron chi connectivity index (χ4n) is 0.925. The molecule has 1 aromatic rings. The average Bonchev–Trinajstić information content (AvgIpc) is 2.05. The average molecular weight is 151 g/mol. The molecule has 0 saturated carbocycles. The molecule has 0 heterocycles. The summed E-state index contributed by atoms with van der Waals surface area (Å²) >= 11 is 0. The number of hydrogen-bond acceptors (Lipinski definition) is 2. The Morgan fingerprint density at radius 2 is 1.91 bits per heavy atom. The van der Waals surface area contributed by atoms with Crippen LogP contribution in [0.4, 0.5) is 0 Å². The van der Waals surface area contributed by atoms with E-state index in [0.29, 0.717) is 0 Å². The van der Waals surface area contributed by atoms with Crippen molar-refractivity contribution in [2.45, 2.75) is 13.0 Å². The Bertz CT molecular complexity index is 218. The number of aliphatic hydroxyl groups is 1. The van der Waals surface area contributed by atoms with Crippen molar-refractivity contribution in [1.82, 2.24) is 0 Å². The molecule has 0 fully saturated rings. The lowest BCUT2D eigenvalue weighted by molar-refractivity contribution is 0.187. The lowest BCUT2D eigenvalue weighted by Crippen LogP contribution is -2.11. The van der Waals surface area contributed by atoms with Crippen LogP contribution in [0.15, 0.2) is 24.3 Å². The van der Waals surface area contributed by atoms with Gasteiger partial charge in [-0.3, -0.25) is 0 Å². The number of nitrogens with two attached hydrogens (primary N) is 1. The van der Waals surface area contributed by atoms with Gasteiger partial charge in [-0.2, -0.15) is 0 Å². The van der Waals surface area contributed by atoms with Gasteiger partial charge in [0.05, 0.1) is 6.10 Å². The second-order valence-corrected chi connectivity index (χ2v) is 2.66. The Kier molecular flexibility index (Phi) is 2.63. The number of aliphatic hydroxyl groups excluding tert-OH is 1. The summed E-state index contributed by atoms with van der Waals surface area (Å²) in [5, 5.41) is 9.30. The third-order valence-corrected chi connectivity index (χ3v) is 1.69. The highest BCUT2D eigenvalue weighted by molar-refractivity contribution is 5.23. The van der Waals surface area contributed by atoms with Crippen LogP contribution >= 0.6 is 0 Å². The SMILES string of the molecule is Cc1ccc([C@@H](O)CN)cc1. The zero-order valence-corrected chi connectivity index (χ0v) is 6.62. The van der Waals surface area contributed by atoms with Gasteiger partial charge in [0.15, 0.2) is 0 Å². The minimum absolute atomic E-state index is 0.281. The minimum atomic E-state index is -0.518. The van der Waals surface area contributed by atoms with E-state index in [2.05, 4.69) is 0 Å². The Balaban J connectivity index is 2.81. The Labute approximate surface area is 66.7 Å². The molecule has 0 saturated heterocycles. The molecule has 0 radical (unpaired) electrons. The standard InChI is InChI=1S/C9H13NO/c1-7-2-4-8(5-3-7)9(11)6-10/h2-5,9,11H,6,10H2,1H3/t9-/m0/s1. The number of aryl methyl sites for hydroxylation is 1. The first-order valence-corrected chi connectivity index (χ1v) is 3.68. The first kappa shape index (κ1) is 8.24. The van der Waals surface area contributed by atoms with E-state index in [9.17, 15) is 5.11 Å². The highest BCUT2D eigenvalue weighted by Gasteiger charge is 2.02. The summed E-state index contributed by atoms with van der Waals surface area (Å²) in [6.45, 7) is 2.29. The lowest BCUT2D eigenvalue weighted by Gasteiger charge is -2.07. The van der Waals surface area contributed by atoms with Crippen LogP contribution in [0, 0.1) is 6.92 Å². The van der Waals surface area contributed by atoms with Crippen LogP contribution in [0.5, 0.6) is 0 Å². The van der Waals surface area contributed by atoms with Gasteiger partial charge < -0.3 is 10.8 Å². The highest BCUT2D eigenvalue weighted by Crippen LogP contribution is 2.11. The van der Waals surface area contributed by atoms with E-state index in [0.717, 1.165) is 5.56 Å². The topological polar surface area (TPSA) is 46.2 Å². The fraction of sp³-hybridized carbons (Fsp3) is 0.333. The Morgan fingerprint density at radius 1 is 1.36 bits per heavy atom. The van der Waals surface area contributed by atoms with Gasteiger partial charge in [0, 0.05) is 6.54 Å². The molecule has 0 aliphatic rings. The molecule has 0 aromatic heterocycles. The predicted molar refractivity (Wildman–Crippen MR) is 45.2 cm³/mol. The van der Waals surface area contributed by atoms with E-state index in [1.807, 2.05) is 31.2 Å². The zero-order valence-electron chi connectivity index (χ0n) is 6.62. The van der Waals surface area contributed by atoms with E-state index < -0.39 is 6.10 Å². The van der Waals surface area contributed by atoms with E-state index in [-0.39, 0.29) is 6.54 Å². The van der Waals surface area contributed by atoms with E-state index in [1.165, 1.54) is 5.56 Å². The van der Waals surface area contributed by atoms with Crippen LogP contribution in [0.25, 0.3) is 0 Å². The summed E-state index contributed by atoms with van der Waals surface area (Å²) in [7, 11) is 0. The fourth-order valence-corrected chi connectivity index (χ4v) is 0.925. The van der Waals surface area contributed by atoms with Crippen LogP contribution < -0.4 is 5.73 Å². The predicted octanol–water partition coefficient (Wildman–Crippen LogP) is 0.987. The van der Waals surface area contributed by atoms with Crippen molar-refractivity contribution in [3.8, 4) is 0 Å². The van der Waals surface area contributed by atoms with Crippen molar-refractivity contribution in [3.63, 3.8) is 0 Å². The van der Waals surface area contributed by atoms with Crippen molar-refractivity contribution >= 4 is 0 Å². The normalized spacial score (nSPS) is 13.0. The van der Waals surface area contributed by atoms with E-state index in [4.69, 9.17) is 5.73 Å². The second-order valence-electron chi connectivity index (χ2n) is 2.66. The van der Waals surface area contributed by atoms with Crippen molar-refractivity contribution < 1.29 is 5.11 Å². The van der Waals surface area contributed by atoms with Gasteiger partial charge >= 0.3 is 0 Å². The first-order chi connectivity index (χ1) is 5.24. The molecule has 1 atom stereocenters. The van der Waals surface area contributed by atoms with Crippen molar-refractivity contribution in [2.24, 2.45) is 5.73 Å². The largest absolute Gasteiger partial charge is 0.387 e. The number of benzene rings is 1. The molecular formula is C9H13NO. The van der Waals surface area contributed by atoms with Crippen LogP contribution in [0.2, 0.25) is 0 Å². The van der Waals surface area contributed by atoms with Crippen LogP contribution in [-0.4, -0.2) is 11.7 Å². The molecule has 0 bridgehead atoms. The van der Waals surface area contributed by atoms with Crippen molar-refractivity contribution in [1.29, 1.82) is 0 Å². The number of hydrogen-bond donors (Lipinski definition) is 2.